The smallest absolute Gasteiger partial charge is 0.335 e. The van der Waals surface area contributed by atoms with Gasteiger partial charge in [-0.15, -0.1) is 0 Å². The molecule has 300 valence electrons. The molecule has 2 N–H and O–H groups in total. The van der Waals surface area contributed by atoms with E-state index in [2.05, 4.69) is 46.2 Å². The number of nitrogens with zero attached hydrogens (tertiary/aromatic N) is 2. The Morgan fingerprint density at radius 1 is 0.673 bits per heavy atom. The second-order valence-electron chi connectivity index (χ2n) is 15.9. The highest BCUT2D eigenvalue weighted by atomic mass is 35.5. The standard InChI is InChI=1S/C38H56N2O5.C7H5ClO2/c41-36-27-40(21-10-8-13-31-17-19-34-29-43-45-38(34)25-31)23-11-22-39(26-35(36)32-14-5-3-1-2-4-6-15-32)20-9-7-12-30-16-18-33-28-42-44-37(33)24-30;8-6-3-1-5(2-4-6)7(9)10/h16-19,24-25,32,35-36,41H,1-15,20-23,26-29H2;1-4H,(H,9,10). The number of unbranched alkanes of at least 4 members (excludes halogenated alkanes) is 2. The van der Waals surface area contributed by atoms with E-state index in [4.69, 9.17) is 36.3 Å². The van der Waals surface area contributed by atoms with Crippen molar-refractivity contribution in [3.63, 3.8) is 0 Å². The highest BCUT2D eigenvalue weighted by Gasteiger charge is 2.32. The molecule has 7 rings (SSSR count). The van der Waals surface area contributed by atoms with E-state index in [1.165, 1.54) is 93.9 Å². The van der Waals surface area contributed by atoms with Gasteiger partial charge in [0, 0.05) is 35.2 Å². The molecule has 10 heteroatoms. The third kappa shape index (κ3) is 13.2. The van der Waals surface area contributed by atoms with E-state index in [1.807, 2.05) is 0 Å². The molecule has 3 aliphatic heterocycles. The Morgan fingerprint density at radius 3 is 1.75 bits per heavy atom. The number of carboxylic acid groups (broad SMARTS) is 1. The SMILES string of the molecule is O=C(O)c1ccc(Cl)cc1.OC1CN(CCCCc2ccc3c(c2)OOC3)CCCN(CCCCc2ccc3c(c2)OOC3)CC1C1CCCCCCCC1. The van der Waals surface area contributed by atoms with E-state index in [9.17, 15) is 9.90 Å². The molecule has 0 radical (unpaired) electrons. The minimum absolute atomic E-state index is 0.251. The van der Waals surface area contributed by atoms with Crippen molar-refractivity contribution in [2.24, 2.45) is 11.8 Å². The number of β-amino-alcohol motifs (C(OH)–C–C–N with tert-alkyl or cyclic N) is 1. The van der Waals surface area contributed by atoms with Crippen LogP contribution in [0.15, 0.2) is 60.7 Å². The fourth-order valence-electron chi connectivity index (χ4n) is 8.62. The minimum atomic E-state index is -0.934. The second kappa shape index (κ2) is 21.9. The molecular weight excluding hydrogens is 716 g/mol. The first kappa shape index (κ1) is 41.5. The maximum atomic E-state index is 11.9. The number of carboxylic acids is 1. The normalized spacial score (nSPS) is 21.2. The van der Waals surface area contributed by atoms with Gasteiger partial charge in [0.1, 0.15) is 13.2 Å². The molecular formula is C45H61ClN2O7. The molecule has 0 amide bonds. The topological polar surface area (TPSA) is 101 Å². The molecule has 4 aliphatic rings. The number of rotatable bonds is 12. The van der Waals surface area contributed by atoms with Crippen molar-refractivity contribution >= 4 is 17.6 Å². The van der Waals surface area contributed by atoms with Gasteiger partial charge in [0.25, 0.3) is 0 Å². The molecule has 1 aliphatic carbocycles. The molecule has 3 aromatic carbocycles. The van der Waals surface area contributed by atoms with Gasteiger partial charge in [-0.05, 0) is 125 Å². The fraction of sp³-hybridized carbons (Fsp3) is 0.578. The molecule has 2 unspecified atom stereocenters. The number of aromatic carboxylic acids is 1. The molecule has 1 saturated heterocycles. The molecule has 2 atom stereocenters. The van der Waals surface area contributed by atoms with Crippen LogP contribution in [0.25, 0.3) is 0 Å². The maximum Gasteiger partial charge on any atom is 0.335 e. The Morgan fingerprint density at radius 2 is 1.20 bits per heavy atom. The van der Waals surface area contributed by atoms with Crippen molar-refractivity contribution in [1.82, 2.24) is 9.80 Å². The average molecular weight is 777 g/mol. The third-order valence-corrected chi connectivity index (χ3v) is 12.1. The van der Waals surface area contributed by atoms with Gasteiger partial charge >= 0.3 is 5.97 Å². The van der Waals surface area contributed by atoms with Crippen molar-refractivity contribution in [1.29, 1.82) is 0 Å². The summed E-state index contributed by atoms with van der Waals surface area (Å²) < 4.78 is 0. The van der Waals surface area contributed by atoms with Crippen molar-refractivity contribution < 1.29 is 34.6 Å². The van der Waals surface area contributed by atoms with Crippen LogP contribution in [0, 0.1) is 11.8 Å². The van der Waals surface area contributed by atoms with Gasteiger partial charge in [0.05, 0.1) is 11.7 Å². The Hall–Kier alpha value is -3.18. The number of carbonyl (C=O) groups is 1. The first-order valence-corrected chi connectivity index (χ1v) is 21.2. The summed E-state index contributed by atoms with van der Waals surface area (Å²) in [5, 5.41) is 20.9. The van der Waals surface area contributed by atoms with Crippen molar-refractivity contribution in [2.75, 3.05) is 39.3 Å². The molecule has 0 spiro atoms. The molecule has 3 heterocycles. The van der Waals surface area contributed by atoms with Gasteiger partial charge in [0.2, 0.25) is 0 Å². The number of aliphatic hydroxyl groups excluding tert-OH is 1. The summed E-state index contributed by atoms with van der Waals surface area (Å²) in [6, 6.07) is 19.0. The predicted molar refractivity (Wildman–Crippen MR) is 215 cm³/mol. The lowest BCUT2D eigenvalue weighted by Crippen LogP contribution is -2.43. The van der Waals surface area contributed by atoms with Crippen LogP contribution in [0.3, 0.4) is 0 Å². The Kier molecular flexibility index (Phi) is 16.5. The van der Waals surface area contributed by atoms with Crippen LogP contribution < -0.4 is 9.78 Å². The quantitative estimate of drug-likeness (QED) is 0.138. The average Bonchev–Trinajstić information content (AvgIpc) is 3.89. The zero-order valence-electron chi connectivity index (χ0n) is 32.5. The Labute approximate surface area is 332 Å². The van der Waals surface area contributed by atoms with Gasteiger partial charge in [0.15, 0.2) is 11.5 Å². The number of hydrogen-bond donors (Lipinski definition) is 2. The van der Waals surface area contributed by atoms with Crippen LogP contribution in [0.1, 0.15) is 116 Å². The lowest BCUT2D eigenvalue weighted by molar-refractivity contribution is -0.194. The largest absolute Gasteiger partial charge is 0.478 e. The monoisotopic (exact) mass is 776 g/mol. The number of aryl methyl sites for hydroxylation is 2. The van der Waals surface area contributed by atoms with Crippen molar-refractivity contribution in [3.05, 3.63) is 93.5 Å². The number of aliphatic hydroxyl groups is 1. The molecule has 1 saturated carbocycles. The fourth-order valence-corrected chi connectivity index (χ4v) is 8.75. The first-order chi connectivity index (χ1) is 26.9. The van der Waals surface area contributed by atoms with Crippen LogP contribution in [-0.2, 0) is 35.8 Å². The third-order valence-electron chi connectivity index (χ3n) is 11.8. The first-order valence-electron chi connectivity index (χ1n) is 20.9. The summed E-state index contributed by atoms with van der Waals surface area (Å²) in [7, 11) is 0. The highest BCUT2D eigenvalue weighted by molar-refractivity contribution is 6.30. The van der Waals surface area contributed by atoms with Crippen LogP contribution in [0.2, 0.25) is 5.02 Å². The summed E-state index contributed by atoms with van der Waals surface area (Å²) in [6.07, 6.45) is 18.4. The number of fused-ring (bicyclic) bond motifs is 2. The Bertz CT molecular complexity index is 1610. The van der Waals surface area contributed by atoms with E-state index in [0.717, 1.165) is 87.6 Å². The molecule has 2 fully saturated rings. The number of halogens is 1. The summed E-state index contributed by atoms with van der Waals surface area (Å²) in [5.74, 6) is 1.84. The van der Waals surface area contributed by atoms with E-state index < -0.39 is 5.97 Å². The highest BCUT2D eigenvalue weighted by Crippen LogP contribution is 2.33. The van der Waals surface area contributed by atoms with E-state index in [0.29, 0.717) is 30.1 Å². The predicted octanol–water partition coefficient (Wildman–Crippen LogP) is 9.45. The minimum Gasteiger partial charge on any atom is -0.478 e. The molecule has 0 aromatic heterocycles. The zero-order valence-corrected chi connectivity index (χ0v) is 33.2. The number of hydrogen-bond acceptors (Lipinski definition) is 8. The zero-order chi connectivity index (χ0) is 38.2. The molecule has 3 aromatic rings. The summed E-state index contributed by atoms with van der Waals surface area (Å²) in [4.78, 5) is 36.4. The van der Waals surface area contributed by atoms with Crippen LogP contribution in [0.5, 0.6) is 11.5 Å². The summed E-state index contributed by atoms with van der Waals surface area (Å²) in [6.45, 7) is 7.37. The molecule has 9 nitrogen and oxygen atoms in total. The maximum absolute atomic E-state index is 11.9. The Balaban J connectivity index is 0.000000448. The number of benzene rings is 3. The lowest BCUT2D eigenvalue weighted by atomic mass is 9.80. The summed E-state index contributed by atoms with van der Waals surface area (Å²) in [5.41, 5.74) is 5.18. The summed E-state index contributed by atoms with van der Waals surface area (Å²) >= 11 is 5.52. The second-order valence-corrected chi connectivity index (χ2v) is 16.4. The molecule has 0 bridgehead atoms. The van der Waals surface area contributed by atoms with Gasteiger partial charge in [-0.1, -0.05) is 87.2 Å². The van der Waals surface area contributed by atoms with E-state index >= 15 is 0 Å². The van der Waals surface area contributed by atoms with Crippen LogP contribution >= 0.6 is 11.6 Å². The lowest BCUT2D eigenvalue weighted by Gasteiger charge is -2.36. The van der Waals surface area contributed by atoms with E-state index in [1.54, 1.807) is 12.1 Å². The van der Waals surface area contributed by atoms with Gasteiger partial charge in [-0.2, -0.15) is 9.78 Å². The van der Waals surface area contributed by atoms with Crippen molar-refractivity contribution in [3.8, 4) is 11.5 Å². The van der Waals surface area contributed by atoms with Gasteiger partial charge in [-0.25, -0.2) is 4.79 Å². The van der Waals surface area contributed by atoms with Crippen LogP contribution in [0.4, 0.5) is 0 Å². The van der Waals surface area contributed by atoms with Crippen LogP contribution in [-0.4, -0.2) is 71.4 Å². The van der Waals surface area contributed by atoms with E-state index in [-0.39, 0.29) is 11.7 Å². The van der Waals surface area contributed by atoms with Crippen molar-refractivity contribution in [2.45, 2.75) is 116 Å². The molecule has 55 heavy (non-hydrogen) atoms. The van der Waals surface area contributed by atoms with Gasteiger partial charge < -0.3 is 29.8 Å². The van der Waals surface area contributed by atoms with Gasteiger partial charge in [-0.3, -0.25) is 0 Å².